The van der Waals surface area contributed by atoms with Crippen LogP contribution in [0.4, 0.5) is 5.13 Å². The van der Waals surface area contributed by atoms with Gasteiger partial charge in [-0.1, -0.05) is 54.3 Å². The number of hydrogen-bond donors (Lipinski definition) is 1. The summed E-state index contributed by atoms with van der Waals surface area (Å²) in [4.78, 5) is 21.6. The molecule has 0 aliphatic heterocycles. The van der Waals surface area contributed by atoms with Crippen molar-refractivity contribution in [3.63, 3.8) is 0 Å². The minimum atomic E-state index is -0.152. The van der Waals surface area contributed by atoms with Crippen molar-refractivity contribution >= 4 is 45.6 Å². The van der Waals surface area contributed by atoms with E-state index in [9.17, 15) is 4.79 Å². The highest BCUT2D eigenvalue weighted by atomic mass is 35.5. The van der Waals surface area contributed by atoms with Crippen LogP contribution in [0.25, 0.3) is 0 Å². The van der Waals surface area contributed by atoms with Gasteiger partial charge in [0.05, 0.1) is 10.0 Å². The quantitative estimate of drug-likeness (QED) is 0.568. The fourth-order valence-corrected chi connectivity index (χ4v) is 3.56. The number of anilines is 1. The number of thiazole rings is 1. The van der Waals surface area contributed by atoms with Gasteiger partial charge >= 0.3 is 0 Å². The topological polar surface area (TPSA) is 80.9 Å². The van der Waals surface area contributed by atoms with E-state index in [2.05, 4.69) is 20.4 Å². The number of nitrogens with one attached hydrogen (secondary N) is 1. The zero-order chi connectivity index (χ0) is 19.4. The van der Waals surface area contributed by atoms with Gasteiger partial charge in [-0.25, -0.2) is 4.98 Å². The van der Waals surface area contributed by atoms with Gasteiger partial charge in [0.15, 0.2) is 11.0 Å². The van der Waals surface area contributed by atoms with E-state index in [1.807, 2.05) is 26.0 Å². The van der Waals surface area contributed by atoms with Gasteiger partial charge in [-0.15, -0.1) is 11.3 Å². The molecule has 1 N–H and O–H groups in total. The molecule has 3 rings (SSSR count). The van der Waals surface area contributed by atoms with Crippen LogP contribution in [-0.2, 0) is 17.6 Å². The van der Waals surface area contributed by atoms with Crippen LogP contribution >= 0.6 is 34.5 Å². The van der Waals surface area contributed by atoms with E-state index in [-0.39, 0.29) is 18.2 Å². The van der Waals surface area contributed by atoms with Crippen molar-refractivity contribution < 1.29 is 9.32 Å². The van der Waals surface area contributed by atoms with Crippen molar-refractivity contribution in [3.05, 3.63) is 56.6 Å². The Kier molecular flexibility index (Phi) is 6.46. The maximum Gasteiger partial charge on any atom is 0.227 e. The van der Waals surface area contributed by atoms with Gasteiger partial charge in [0.2, 0.25) is 11.8 Å². The molecule has 0 fully saturated rings. The van der Waals surface area contributed by atoms with Crippen LogP contribution in [0.1, 0.15) is 48.3 Å². The van der Waals surface area contributed by atoms with Crippen LogP contribution in [0.15, 0.2) is 28.9 Å². The number of hydrogen-bond acceptors (Lipinski definition) is 6. The van der Waals surface area contributed by atoms with Crippen molar-refractivity contribution in [2.24, 2.45) is 0 Å². The van der Waals surface area contributed by atoms with E-state index in [4.69, 9.17) is 27.7 Å². The summed E-state index contributed by atoms with van der Waals surface area (Å²) in [7, 11) is 0. The fourth-order valence-electron chi connectivity index (χ4n) is 2.33. The Balaban J connectivity index is 1.53. The van der Waals surface area contributed by atoms with E-state index in [1.165, 1.54) is 11.3 Å². The lowest BCUT2D eigenvalue weighted by molar-refractivity contribution is -0.116. The third-order valence-corrected chi connectivity index (χ3v) is 5.53. The number of halogens is 2. The minimum Gasteiger partial charge on any atom is -0.339 e. The molecule has 0 saturated carbocycles. The summed E-state index contributed by atoms with van der Waals surface area (Å²) < 4.78 is 5.14. The fraction of sp³-hybridized carbons (Fsp3) is 0.333. The molecule has 0 atom stereocenters. The Morgan fingerprint density at radius 3 is 2.89 bits per heavy atom. The number of benzene rings is 1. The summed E-state index contributed by atoms with van der Waals surface area (Å²) in [6.07, 6.45) is 2.97. The van der Waals surface area contributed by atoms with E-state index < -0.39 is 0 Å². The van der Waals surface area contributed by atoms with Crippen LogP contribution in [0.3, 0.4) is 0 Å². The molecule has 27 heavy (non-hydrogen) atoms. The number of nitrogens with zero attached hydrogens (tertiary/aromatic N) is 3. The Labute approximate surface area is 170 Å². The largest absolute Gasteiger partial charge is 0.339 e. The Bertz CT molecular complexity index is 939. The first kappa shape index (κ1) is 19.8. The number of aromatic nitrogens is 3. The molecule has 3 aromatic rings. The van der Waals surface area contributed by atoms with Crippen LogP contribution in [-0.4, -0.2) is 21.0 Å². The average Bonchev–Trinajstić information content (AvgIpc) is 3.27. The first-order chi connectivity index (χ1) is 12.9. The summed E-state index contributed by atoms with van der Waals surface area (Å²) in [6, 6.07) is 5.52. The van der Waals surface area contributed by atoms with Gasteiger partial charge in [0.25, 0.3) is 0 Å². The van der Waals surface area contributed by atoms with E-state index in [0.29, 0.717) is 39.7 Å². The van der Waals surface area contributed by atoms with Gasteiger partial charge in [-0.2, -0.15) is 4.98 Å². The molecular weight excluding hydrogens is 407 g/mol. The standard InChI is InChI=1S/C18H18Cl2N4O2S/c1-10(2)17-23-15(26-24-17)7-6-14(25)22-18-21-9-12(27-18)8-11-4-3-5-13(19)16(11)20/h3-5,9-10H,6-8H2,1-2H3,(H,21,22,25). The molecule has 1 amide bonds. The monoisotopic (exact) mass is 424 g/mol. The van der Waals surface area contributed by atoms with Gasteiger partial charge in [-0.05, 0) is 11.6 Å². The predicted octanol–water partition coefficient (Wildman–Crippen LogP) is 5.12. The van der Waals surface area contributed by atoms with Gasteiger partial charge < -0.3 is 9.84 Å². The van der Waals surface area contributed by atoms with Crippen molar-refractivity contribution in [2.45, 2.75) is 39.0 Å². The SMILES string of the molecule is CC(C)c1noc(CCC(=O)Nc2ncc(Cc3cccc(Cl)c3Cl)s2)n1. The molecule has 2 heterocycles. The summed E-state index contributed by atoms with van der Waals surface area (Å²) in [6.45, 7) is 3.97. The summed E-state index contributed by atoms with van der Waals surface area (Å²) >= 11 is 13.7. The second kappa shape index (κ2) is 8.82. The number of carbonyl (C=O) groups excluding carboxylic acids is 1. The van der Waals surface area contributed by atoms with Crippen LogP contribution in [0.2, 0.25) is 10.0 Å². The maximum atomic E-state index is 12.1. The molecular formula is C18H18Cl2N4O2S. The molecule has 1 aromatic carbocycles. The molecule has 0 spiro atoms. The molecule has 0 bridgehead atoms. The average molecular weight is 425 g/mol. The second-order valence-electron chi connectivity index (χ2n) is 6.27. The van der Waals surface area contributed by atoms with Gasteiger partial charge in [0, 0.05) is 36.3 Å². The molecule has 0 aliphatic carbocycles. The molecule has 9 heteroatoms. The zero-order valence-electron chi connectivity index (χ0n) is 14.8. The summed E-state index contributed by atoms with van der Waals surface area (Å²) in [5.74, 6) is 1.15. The van der Waals surface area contributed by atoms with Crippen molar-refractivity contribution in [3.8, 4) is 0 Å². The highest BCUT2D eigenvalue weighted by molar-refractivity contribution is 7.15. The Hall–Kier alpha value is -1.96. The third-order valence-electron chi connectivity index (χ3n) is 3.76. The number of amides is 1. The van der Waals surface area contributed by atoms with Crippen molar-refractivity contribution in [2.75, 3.05) is 5.32 Å². The first-order valence-corrected chi connectivity index (χ1v) is 9.99. The highest BCUT2D eigenvalue weighted by Crippen LogP contribution is 2.29. The first-order valence-electron chi connectivity index (χ1n) is 8.42. The molecule has 0 aliphatic rings. The van der Waals surface area contributed by atoms with E-state index in [1.54, 1.807) is 12.3 Å². The Morgan fingerprint density at radius 1 is 1.33 bits per heavy atom. The lowest BCUT2D eigenvalue weighted by atomic mass is 10.1. The third kappa shape index (κ3) is 5.28. The lowest BCUT2D eigenvalue weighted by Crippen LogP contribution is -2.12. The molecule has 6 nitrogen and oxygen atoms in total. The number of rotatable bonds is 7. The second-order valence-corrected chi connectivity index (χ2v) is 8.17. The van der Waals surface area contributed by atoms with Crippen LogP contribution in [0.5, 0.6) is 0 Å². The maximum absolute atomic E-state index is 12.1. The van der Waals surface area contributed by atoms with Crippen LogP contribution < -0.4 is 5.32 Å². The molecule has 0 unspecified atom stereocenters. The lowest BCUT2D eigenvalue weighted by Gasteiger charge is -2.03. The summed E-state index contributed by atoms with van der Waals surface area (Å²) in [5.41, 5.74) is 0.919. The van der Waals surface area contributed by atoms with Crippen LogP contribution in [0, 0.1) is 0 Å². The summed E-state index contributed by atoms with van der Waals surface area (Å²) in [5, 5.41) is 8.28. The zero-order valence-corrected chi connectivity index (χ0v) is 17.2. The number of carbonyl (C=O) groups is 1. The molecule has 0 saturated heterocycles. The molecule has 142 valence electrons. The molecule has 2 aromatic heterocycles. The normalized spacial score (nSPS) is 11.1. The highest BCUT2D eigenvalue weighted by Gasteiger charge is 2.13. The number of aryl methyl sites for hydroxylation is 1. The molecule has 0 radical (unpaired) electrons. The van der Waals surface area contributed by atoms with E-state index in [0.717, 1.165) is 10.4 Å². The Morgan fingerprint density at radius 2 is 2.15 bits per heavy atom. The smallest absolute Gasteiger partial charge is 0.227 e. The van der Waals surface area contributed by atoms with Crippen molar-refractivity contribution in [1.29, 1.82) is 0 Å². The predicted molar refractivity (Wildman–Crippen MR) is 107 cm³/mol. The van der Waals surface area contributed by atoms with E-state index >= 15 is 0 Å². The van der Waals surface area contributed by atoms with Gasteiger partial charge in [-0.3, -0.25) is 4.79 Å². The van der Waals surface area contributed by atoms with Gasteiger partial charge in [0.1, 0.15) is 0 Å². The van der Waals surface area contributed by atoms with Crippen molar-refractivity contribution in [1.82, 2.24) is 15.1 Å². The minimum absolute atomic E-state index is 0.152.